The van der Waals surface area contributed by atoms with Gasteiger partial charge in [-0.1, -0.05) is 56.8 Å². The van der Waals surface area contributed by atoms with Gasteiger partial charge in [0.25, 0.3) is 0 Å². The molecule has 1 aromatic rings. The second kappa shape index (κ2) is 10.7. The summed E-state index contributed by atoms with van der Waals surface area (Å²) in [5, 5.41) is 3.17. The molecule has 2 aliphatic carbocycles. The summed E-state index contributed by atoms with van der Waals surface area (Å²) in [6.07, 6.45) is 12.8. The van der Waals surface area contributed by atoms with Crippen LogP contribution in [-0.4, -0.2) is 48.0 Å². The van der Waals surface area contributed by atoms with Crippen LogP contribution < -0.4 is 5.32 Å². The standard InChI is InChI=1S/C21H33N3O4S2/c1-2-18(25)13-14-30(27,28)19-15-22-20(29-19)23-21(26)24(16-9-5-3-6-10-16)17-11-7-4-8-12-17/h15-17H,2-14H2,1H3,(H,22,23,26). The number of hydrogen-bond donors (Lipinski definition) is 1. The maximum atomic E-state index is 13.2. The molecule has 7 nitrogen and oxygen atoms in total. The zero-order valence-corrected chi connectivity index (χ0v) is 19.4. The van der Waals surface area contributed by atoms with Crippen molar-refractivity contribution in [2.75, 3.05) is 11.1 Å². The van der Waals surface area contributed by atoms with Crippen LogP contribution in [0.1, 0.15) is 84.0 Å². The summed E-state index contributed by atoms with van der Waals surface area (Å²) in [6.45, 7) is 1.72. The average Bonchev–Trinajstić information content (AvgIpc) is 3.23. The number of sulfone groups is 1. The molecular formula is C21H33N3O4S2. The Balaban J connectivity index is 1.69. The summed E-state index contributed by atoms with van der Waals surface area (Å²) in [5.41, 5.74) is 0. The van der Waals surface area contributed by atoms with Gasteiger partial charge in [-0.15, -0.1) is 0 Å². The van der Waals surface area contributed by atoms with Gasteiger partial charge in [0.05, 0.1) is 11.9 Å². The van der Waals surface area contributed by atoms with Crippen LogP contribution in [0.4, 0.5) is 9.93 Å². The number of Topliss-reactive ketones (excluding diaryl/α,β-unsaturated/α-hetero) is 1. The van der Waals surface area contributed by atoms with E-state index in [4.69, 9.17) is 0 Å². The van der Waals surface area contributed by atoms with E-state index < -0.39 is 9.84 Å². The highest BCUT2D eigenvalue weighted by Gasteiger charge is 2.33. The third-order valence-electron chi connectivity index (χ3n) is 6.22. The normalized spacial score (nSPS) is 18.8. The molecule has 2 amide bonds. The van der Waals surface area contributed by atoms with E-state index in [2.05, 4.69) is 10.3 Å². The minimum absolute atomic E-state index is 0.00949. The summed E-state index contributed by atoms with van der Waals surface area (Å²) >= 11 is 0.969. The van der Waals surface area contributed by atoms with Crippen molar-refractivity contribution < 1.29 is 18.0 Å². The Morgan fingerprint density at radius 2 is 1.63 bits per heavy atom. The molecule has 168 valence electrons. The quantitative estimate of drug-likeness (QED) is 0.608. The molecule has 0 saturated heterocycles. The van der Waals surface area contributed by atoms with Crippen LogP contribution >= 0.6 is 11.3 Å². The van der Waals surface area contributed by atoms with E-state index in [0.29, 0.717) is 11.6 Å². The van der Waals surface area contributed by atoms with Gasteiger partial charge in [0.15, 0.2) is 15.0 Å². The summed E-state index contributed by atoms with van der Waals surface area (Å²) in [6, 6.07) is 0.350. The van der Waals surface area contributed by atoms with E-state index >= 15 is 0 Å². The van der Waals surface area contributed by atoms with E-state index in [0.717, 1.165) is 62.7 Å². The van der Waals surface area contributed by atoms with Crippen LogP contribution in [0.5, 0.6) is 0 Å². The maximum absolute atomic E-state index is 13.2. The molecule has 2 saturated carbocycles. The number of carbonyl (C=O) groups is 2. The number of nitrogens with one attached hydrogen (secondary N) is 1. The molecule has 0 atom stereocenters. The second-order valence-electron chi connectivity index (χ2n) is 8.37. The lowest BCUT2D eigenvalue weighted by Gasteiger charge is -2.41. The van der Waals surface area contributed by atoms with Gasteiger partial charge in [-0.3, -0.25) is 10.1 Å². The van der Waals surface area contributed by atoms with Crippen LogP contribution in [-0.2, 0) is 14.6 Å². The van der Waals surface area contributed by atoms with Crippen molar-refractivity contribution in [3.63, 3.8) is 0 Å². The molecule has 2 fully saturated rings. The van der Waals surface area contributed by atoms with Crippen molar-refractivity contribution in [3.8, 4) is 0 Å². The van der Waals surface area contributed by atoms with E-state index in [9.17, 15) is 18.0 Å². The van der Waals surface area contributed by atoms with Crippen LogP contribution in [0, 0.1) is 0 Å². The first-order valence-electron chi connectivity index (χ1n) is 11.2. The highest BCUT2D eigenvalue weighted by Crippen LogP contribution is 2.31. The number of nitrogens with zero attached hydrogens (tertiary/aromatic N) is 2. The minimum Gasteiger partial charge on any atom is -0.319 e. The number of urea groups is 1. The monoisotopic (exact) mass is 455 g/mol. The van der Waals surface area contributed by atoms with Crippen molar-refractivity contribution in [2.45, 2.75) is 100 Å². The van der Waals surface area contributed by atoms with Crippen LogP contribution in [0.3, 0.4) is 0 Å². The average molecular weight is 456 g/mol. The van der Waals surface area contributed by atoms with Crippen molar-refractivity contribution in [3.05, 3.63) is 6.20 Å². The van der Waals surface area contributed by atoms with Gasteiger partial charge in [0.2, 0.25) is 0 Å². The number of carbonyl (C=O) groups excluding carboxylic acids is 2. The van der Waals surface area contributed by atoms with Gasteiger partial charge in [-0.25, -0.2) is 18.2 Å². The molecule has 9 heteroatoms. The van der Waals surface area contributed by atoms with Gasteiger partial charge in [-0.05, 0) is 25.7 Å². The smallest absolute Gasteiger partial charge is 0.319 e. The Labute approximate surface area is 183 Å². The molecular weight excluding hydrogens is 422 g/mol. The lowest BCUT2D eigenvalue weighted by atomic mass is 9.89. The molecule has 2 aliphatic rings. The van der Waals surface area contributed by atoms with Crippen molar-refractivity contribution in [1.82, 2.24) is 9.88 Å². The molecule has 1 N–H and O–H groups in total. The lowest BCUT2D eigenvalue weighted by Crippen LogP contribution is -2.50. The van der Waals surface area contributed by atoms with Crippen LogP contribution in [0.2, 0.25) is 0 Å². The SMILES string of the molecule is CCC(=O)CCS(=O)(=O)c1cnc(NC(=O)N(C2CCCCC2)C2CCCCC2)s1. The summed E-state index contributed by atoms with van der Waals surface area (Å²) in [7, 11) is -3.57. The predicted molar refractivity (Wildman–Crippen MR) is 119 cm³/mol. The lowest BCUT2D eigenvalue weighted by molar-refractivity contribution is -0.118. The topological polar surface area (TPSA) is 96.4 Å². The highest BCUT2D eigenvalue weighted by molar-refractivity contribution is 7.93. The number of ketones is 1. The van der Waals surface area contributed by atoms with Gasteiger partial charge >= 0.3 is 6.03 Å². The largest absolute Gasteiger partial charge is 0.324 e. The molecule has 1 heterocycles. The van der Waals surface area contributed by atoms with Gasteiger partial charge in [0.1, 0.15) is 9.99 Å². The van der Waals surface area contributed by atoms with Crippen molar-refractivity contribution in [2.24, 2.45) is 0 Å². The third kappa shape index (κ3) is 6.03. The Hall–Kier alpha value is -1.48. The molecule has 0 aromatic carbocycles. The fourth-order valence-corrected chi connectivity index (χ4v) is 6.94. The highest BCUT2D eigenvalue weighted by atomic mass is 32.2. The van der Waals surface area contributed by atoms with Gasteiger partial charge in [-0.2, -0.15) is 0 Å². The number of thiazole rings is 1. The van der Waals surface area contributed by atoms with E-state index in [1.165, 1.54) is 19.0 Å². The predicted octanol–water partition coefficient (Wildman–Crippen LogP) is 4.79. The number of anilines is 1. The molecule has 0 spiro atoms. The Morgan fingerprint density at radius 3 is 2.17 bits per heavy atom. The van der Waals surface area contributed by atoms with E-state index in [1.807, 2.05) is 4.90 Å². The van der Waals surface area contributed by atoms with Crippen molar-refractivity contribution in [1.29, 1.82) is 0 Å². The molecule has 0 aliphatic heterocycles. The first-order chi connectivity index (χ1) is 14.4. The van der Waals surface area contributed by atoms with E-state index in [1.54, 1.807) is 6.92 Å². The summed E-state index contributed by atoms with van der Waals surface area (Å²) < 4.78 is 25.1. The molecule has 30 heavy (non-hydrogen) atoms. The second-order valence-corrected chi connectivity index (χ2v) is 11.7. The summed E-state index contributed by atoms with van der Waals surface area (Å²) in [4.78, 5) is 30.9. The minimum atomic E-state index is -3.57. The molecule has 0 radical (unpaired) electrons. The zero-order chi connectivity index (χ0) is 21.6. The first-order valence-corrected chi connectivity index (χ1v) is 13.7. The first kappa shape index (κ1) is 23.2. The molecule has 1 aromatic heterocycles. The Bertz CT molecular complexity index is 807. The number of amides is 2. The molecule has 3 rings (SSSR count). The fourth-order valence-electron chi connectivity index (χ4n) is 4.49. The Kier molecular flexibility index (Phi) is 8.27. The van der Waals surface area contributed by atoms with E-state index in [-0.39, 0.29) is 40.3 Å². The number of aromatic nitrogens is 1. The third-order valence-corrected chi connectivity index (χ3v) is 9.40. The number of hydrogen-bond acceptors (Lipinski definition) is 6. The van der Waals surface area contributed by atoms with Crippen LogP contribution in [0.25, 0.3) is 0 Å². The summed E-state index contributed by atoms with van der Waals surface area (Å²) in [5.74, 6) is -0.293. The van der Waals surface area contributed by atoms with Gasteiger partial charge < -0.3 is 4.90 Å². The molecule has 0 bridgehead atoms. The van der Waals surface area contributed by atoms with Gasteiger partial charge in [0, 0.05) is 24.9 Å². The maximum Gasteiger partial charge on any atom is 0.324 e. The number of rotatable bonds is 8. The fraction of sp³-hybridized carbons (Fsp3) is 0.762. The van der Waals surface area contributed by atoms with Crippen LogP contribution in [0.15, 0.2) is 10.4 Å². The Morgan fingerprint density at radius 1 is 1.07 bits per heavy atom. The zero-order valence-electron chi connectivity index (χ0n) is 17.8. The van der Waals surface area contributed by atoms with Crippen molar-refractivity contribution >= 4 is 38.1 Å². The molecule has 0 unspecified atom stereocenters.